The molecule has 0 aliphatic rings. The number of aromatic nitrogens is 2. The molecule has 0 saturated carbocycles. The predicted molar refractivity (Wildman–Crippen MR) is 72.8 cm³/mol. The van der Waals surface area contributed by atoms with Crippen LogP contribution in [0.25, 0.3) is 11.3 Å². The van der Waals surface area contributed by atoms with Crippen molar-refractivity contribution in [1.82, 2.24) is 10.3 Å². The second-order valence-corrected chi connectivity index (χ2v) is 5.05. The molecule has 5 nitrogen and oxygen atoms in total. The van der Waals surface area contributed by atoms with Crippen LogP contribution in [0.5, 0.6) is 0 Å². The molecule has 1 heterocycles. The molecule has 1 N–H and O–H groups in total. The number of carbonyl (C=O) groups is 1. The van der Waals surface area contributed by atoms with Crippen molar-refractivity contribution in [3.63, 3.8) is 0 Å². The number of nitrogens with zero attached hydrogens (tertiary/aromatic N) is 2. The van der Waals surface area contributed by atoms with Crippen LogP contribution in [0, 0.1) is 5.92 Å². The van der Waals surface area contributed by atoms with Crippen molar-refractivity contribution < 1.29 is 9.42 Å². The van der Waals surface area contributed by atoms with Gasteiger partial charge in [0, 0.05) is 17.0 Å². The summed E-state index contributed by atoms with van der Waals surface area (Å²) in [5, 5.41) is 10.8. The zero-order valence-corrected chi connectivity index (χ0v) is 11.4. The highest BCUT2D eigenvalue weighted by atomic mass is 35.5. The Morgan fingerprint density at radius 1 is 1.32 bits per heavy atom. The minimum absolute atomic E-state index is 0.110. The molecule has 1 aromatic heterocycles. The standard InChI is InChI=1S/C13H14ClN3O2/c1-8(2)7-11(18)15-13-12(16-19-17-13)9-3-5-10(14)6-4-9/h3-6,8H,7H2,1-2H3,(H,15,17,18). The maximum Gasteiger partial charge on any atom is 0.225 e. The largest absolute Gasteiger partial charge is 0.306 e. The summed E-state index contributed by atoms with van der Waals surface area (Å²) in [4.78, 5) is 11.7. The van der Waals surface area contributed by atoms with E-state index in [0.717, 1.165) is 5.56 Å². The van der Waals surface area contributed by atoms with Crippen molar-refractivity contribution in [2.45, 2.75) is 20.3 Å². The van der Waals surface area contributed by atoms with Crippen LogP contribution in [0.1, 0.15) is 20.3 Å². The molecule has 0 aliphatic heterocycles. The second kappa shape index (κ2) is 5.84. The zero-order valence-electron chi connectivity index (χ0n) is 10.7. The van der Waals surface area contributed by atoms with E-state index in [0.29, 0.717) is 23.0 Å². The highest BCUT2D eigenvalue weighted by molar-refractivity contribution is 6.30. The molecule has 0 spiro atoms. The third-order valence-corrected chi connectivity index (χ3v) is 2.71. The van der Waals surface area contributed by atoms with E-state index in [4.69, 9.17) is 11.6 Å². The van der Waals surface area contributed by atoms with Crippen molar-refractivity contribution in [2.75, 3.05) is 5.32 Å². The molecule has 100 valence electrons. The fourth-order valence-corrected chi connectivity index (χ4v) is 1.75. The van der Waals surface area contributed by atoms with Gasteiger partial charge in [0.05, 0.1) is 0 Å². The first-order valence-electron chi connectivity index (χ1n) is 5.94. The summed E-state index contributed by atoms with van der Waals surface area (Å²) < 4.78 is 4.69. The fourth-order valence-electron chi connectivity index (χ4n) is 1.62. The topological polar surface area (TPSA) is 68.0 Å². The summed E-state index contributed by atoms with van der Waals surface area (Å²) in [7, 11) is 0. The van der Waals surface area contributed by atoms with Gasteiger partial charge in [-0.1, -0.05) is 37.6 Å². The summed E-state index contributed by atoms with van der Waals surface area (Å²) in [6, 6.07) is 7.07. The van der Waals surface area contributed by atoms with Crippen molar-refractivity contribution in [2.24, 2.45) is 5.92 Å². The first kappa shape index (κ1) is 13.5. The van der Waals surface area contributed by atoms with Crippen molar-refractivity contribution in [3.05, 3.63) is 29.3 Å². The third kappa shape index (κ3) is 3.54. The molecule has 1 amide bonds. The number of nitrogens with one attached hydrogen (secondary N) is 1. The lowest BCUT2D eigenvalue weighted by Gasteiger charge is -2.05. The fraction of sp³-hybridized carbons (Fsp3) is 0.308. The van der Waals surface area contributed by atoms with Gasteiger partial charge in [-0.2, -0.15) is 0 Å². The third-order valence-electron chi connectivity index (χ3n) is 2.46. The zero-order chi connectivity index (χ0) is 13.8. The number of hydrogen-bond acceptors (Lipinski definition) is 4. The van der Waals surface area contributed by atoms with Gasteiger partial charge in [0.1, 0.15) is 0 Å². The van der Waals surface area contributed by atoms with Gasteiger partial charge in [-0.3, -0.25) is 4.79 Å². The summed E-state index contributed by atoms with van der Waals surface area (Å²) >= 11 is 5.83. The Morgan fingerprint density at radius 2 is 2.00 bits per heavy atom. The van der Waals surface area contributed by atoms with E-state index < -0.39 is 0 Å². The first-order chi connectivity index (χ1) is 9.06. The van der Waals surface area contributed by atoms with E-state index in [-0.39, 0.29) is 11.8 Å². The van der Waals surface area contributed by atoms with E-state index in [1.165, 1.54) is 0 Å². The Labute approximate surface area is 115 Å². The molecular formula is C13H14ClN3O2. The van der Waals surface area contributed by atoms with Gasteiger partial charge in [-0.25, -0.2) is 4.63 Å². The van der Waals surface area contributed by atoms with Crippen LogP contribution >= 0.6 is 11.6 Å². The number of halogens is 1. The van der Waals surface area contributed by atoms with E-state index in [1.54, 1.807) is 24.3 Å². The van der Waals surface area contributed by atoms with Gasteiger partial charge in [0.15, 0.2) is 5.69 Å². The average Bonchev–Trinajstić information content (AvgIpc) is 2.77. The van der Waals surface area contributed by atoms with Crippen molar-refractivity contribution >= 4 is 23.3 Å². The molecule has 0 bridgehead atoms. The average molecular weight is 280 g/mol. The monoisotopic (exact) mass is 279 g/mol. The molecule has 0 aliphatic carbocycles. The minimum Gasteiger partial charge on any atom is -0.306 e. The number of amides is 1. The van der Waals surface area contributed by atoms with Crippen molar-refractivity contribution in [1.29, 1.82) is 0 Å². The molecule has 1 aromatic carbocycles. The van der Waals surface area contributed by atoms with Gasteiger partial charge in [0.2, 0.25) is 11.7 Å². The summed E-state index contributed by atoms with van der Waals surface area (Å²) in [6.07, 6.45) is 0.424. The summed E-state index contributed by atoms with van der Waals surface area (Å²) in [5.74, 6) is 0.493. The van der Waals surface area contributed by atoms with E-state index >= 15 is 0 Å². The Morgan fingerprint density at radius 3 is 2.63 bits per heavy atom. The van der Waals surface area contributed by atoms with Crippen molar-refractivity contribution in [3.8, 4) is 11.3 Å². The summed E-state index contributed by atoms with van der Waals surface area (Å²) in [5.41, 5.74) is 1.28. The molecule has 0 atom stereocenters. The number of anilines is 1. The number of rotatable bonds is 4. The normalized spacial score (nSPS) is 10.7. The highest BCUT2D eigenvalue weighted by Crippen LogP contribution is 2.25. The van der Waals surface area contributed by atoms with E-state index in [1.807, 2.05) is 13.8 Å². The quantitative estimate of drug-likeness (QED) is 0.931. The van der Waals surface area contributed by atoms with Crippen LogP contribution in [-0.2, 0) is 4.79 Å². The highest BCUT2D eigenvalue weighted by Gasteiger charge is 2.15. The molecule has 2 aromatic rings. The Kier molecular flexibility index (Phi) is 4.16. The number of benzene rings is 1. The van der Waals surface area contributed by atoms with Crippen LogP contribution in [0.2, 0.25) is 5.02 Å². The van der Waals surface area contributed by atoms with E-state index in [9.17, 15) is 4.79 Å². The SMILES string of the molecule is CC(C)CC(=O)Nc1nonc1-c1ccc(Cl)cc1. The van der Waals surface area contributed by atoms with Crippen LogP contribution in [0.4, 0.5) is 5.82 Å². The smallest absolute Gasteiger partial charge is 0.225 e. The molecule has 0 radical (unpaired) electrons. The minimum atomic E-state index is -0.110. The second-order valence-electron chi connectivity index (χ2n) is 4.61. The van der Waals surface area contributed by atoms with Crippen LogP contribution in [0.3, 0.4) is 0 Å². The Balaban J connectivity index is 2.18. The first-order valence-corrected chi connectivity index (χ1v) is 6.32. The van der Waals surface area contributed by atoms with Gasteiger partial charge in [-0.05, 0) is 28.4 Å². The number of carbonyl (C=O) groups excluding carboxylic acids is 1. The Hall–Kier alpha value is -1.88. The predicted octanol–water partition coefficient (Wildman–Crippen LogP) is 3.37. The summed E-state index contributed by atoms with van der Waals surface area (Å²) in [6.45, 7) is 3.95. The lowest BCUT2D eigenvalue weighted by molar-refractivity contribution is -0.116. The molecule has 2 rings (SSSR count). The lowest BCUT2D eigenvalue weighted by Crippen LogP contribution is -2.14. The molecular weight excluding hydrogens is 266 g/mol. The molecule has 0 saturated heterocycles. The molecule has 0 unspecified atom stereocenters. The van der Waals surface area contributed by atoms with Gasteiger partial charge < -0.3 is 5.32 Å². The maximum atomic E-state index is 11.7. The van der Waals surface area contributed by atoms with Crippen LogP contribution < -0.4 is 5.32 Å². The maximum absolute atomic E-state index is 11.7. The molecule has 0 fully saturated rings. The molecule has 6 heteroatoms. The van der Waals surface area contributed by atoms with Gasteiger partial charge >= 0.3 is 0 Å². The number of hydrogen-bond donors (Lipinski definition) is 1. The Bertz CT molecular complexity index is 564. The molecule has 19 heavy (non-hydrogen) atoms. The van der Waals surface area contributed by atoms with Crippen LogP contribution in [0.15, 0.2) is 28.9 Å². The van der Waals surface area contributed by atoms with Gasteiger partial charge in [-0.15, -0.1) is 0 Å². The van der Waals surface area contributed by atoms with E-state index in [2.05, 4.69) is 20.3 Å². The lowest BCUT2D eigenvalue weighted by atomic mass is 10.1. The van der Waals surface area contributed by atoms with Gasteiger partial charge in [0.25, 0.3) is 0 Å². The van der Waals surface area contributed by atoms with Crippen LogP contribution in [-0.4, -0.2) is 16.2 Å².